The minimum atomic E-state index is -4.76. The summed E-state index contributed by atoms with van der Waals surface area (Å²) in [6.07, 6.45) is -2.94. The molecule has 0 bridgehead atoms. The van der Waals surface area contributed by atoms with E-state index < -0.39 is 18.0 Å². The first-order valence-corrected chi connectivity index (χ1v) is 6.31. The van der Waals surface area contributed by atoms with Crippen LogP contribution >= 0.6 is 12.4 Å². The first-order valence-electron chi connectivity index (χ1n) is 6.31. The molecule has 0 saturated carbocycles. The van der Waals surface area contributed by atoms with Crippen molar-refractivity contribution >= 4 is 18.3 Å². The topological polar surface area (TPSA) is 50.4 Å². The SMILES string of the molecule is Cl.O=C(NC1CCCNC1)c1cccc(OC(F)(F)F)c1. The highest BCUT2D eigenvalue weighted by Gasteiger charge is 2.31. The maximum Gasteiger partial charge on any atom is 0.573 e. The average molecular weight is 325 g/mol. The number of carbonyl (C=O) groups is 1. The van der Waals surface area contributed by atoms with Gasteiger partial charge >= 0.3 is 6.36 Å². The van der Waals surface area contributed by atoms with Crippen LogP contribution in [0.5, 0.6) is 5.75 Å². The van der Waals surface area contributed by atoms with Crippen molar-refractivity contribution in [2.45, 2.75) is 25.2 Å². The van der Waals surface area contributed by atoms with E-state index in [1.54, 1.807) is 0 Å². The molecule has 1 heterocycles. The summed E-state index contributed by atoms with van der Waals surface area (Å²) in [5.74, 6) is -0.793. The highest BCUT2D eigenvalue weighted by Crippen LogP contribution is 2.23. The van der Waals surface area contributed by atoms with E-state index in [1.165, 1.54) is 12.1 Å². The molecule has 1 fully saturated rings. The lowest BCUT2D eigenvalue weighted by molar-refractivity contribution is -0.274. The van der Waals surface area contributed by atoms with E-state index >= 15 is 0 Å². The van der Waals surface area contributed by atoms with Crippen LogP contribution in [0.3, 0.4) is 0 Å². The number of benzene rings is 1. The molecule has 2 rings (SSSR count). The molecule has 8 heteroatoms. The monoisotopic (exact) mass is 324 g/mol. The number of alkyl halides is 3. The third-order valence-electron chi connectivity index (χ3n) is 2.96. The van der Waals surface area contributed by atoms with E-state index in [0.29, 0.717) is 6.54 Å². The molecule has 4 nitrogen and oxygen atoms in total. The highest BCUT2D eigenvalue weighted by molar-refractivity contribution is 5.94. The van der Waals surface area contributed by atoms with Crippen LogP contribution in [0.25, 0.3) is 0 Å². The van der Waals surface area contributed by atoms with Crippen LogP contribution in [0.2, 0.25) is 0 Å². The summed E-state index contributed by atoms with van der Waals surface area (Å²) in [7, 11) is 0. The number of halogens is 4. The number of rotatable bonds is 3. The Morgan fingerprint density at radius 3 is 2.76 bits per heavy atom. The van der Waals surface area contributed by atoms with Crippen molar-refractivity contribution in [3.63, 3.8) is 0 Å². The lowest BCUT2D eigenvalue weighted by atomic mass is 10.1. The summed E-state index contributed by atoms with van der Waals surface area (Å²) < 4.78 is 40.1. The summed E-state index contributed by atoms with van der Waals surface area (Å²) in [6, 6.07) is 5.05. The second kappa shape index (κ2) is 7.51. The van der Waals surface area contributed by atoms with E-state index in [0.717, 1.165) is 31.5 Å². The fourth-order valence-corrected chi connectivity index (χ4v) is 2.08. The van der Waals surface area contributed by atoms with Gasteiger partial charge in [-0.2, -0.15) is 0 Å². The van der Waals surface area contributed by atoms with Gasteiger partial charge in [-0.3, -0.25) is 4.79 Å². The maximum absolute atomic E-state index is 12.1. The molecule has 1 aromatic rings. The number of hydrogen-bond donors (Lipinski definition) is 2. The van der Waals surface area contributed by atoms with Crippen LogP contribution in [-0.2, 0) is 0 Å². The Balaban J connectivity index is 0.00000220. The second-order valence-electron chi connectivity index (χ2n) is 4.59. The fraction of sp³-hybridized carbons (Fsp3) is 0.462. The number of amides is 1. The van der Waals surface area contributed by atoms with Gasteiger partial charge in [0.15, 0.2) is 0 Å². The number of ether oxygens (including phenoxy) is 1. The first kappa shape index (κ1) is 17.6. The molecule has 1 atom stereocenters. The van der Waals surface area contributed by atoms with Gasteiger partial charge in [0, 0.05) is 18.2 Å². The first-order chi connectivity index (χ1) is 9.44. The van der Waals surface area contributed by atoms with Crippen molar-refractivity contribution in [3.05, 3.63) is 29.8 Å². The molecule has 21 heavy (non-hydrogen) atoms. The summed E-state index contributed by atoms with van der Waals surface area (Å²) in [5, 5.41) is 5.93. The molecular weight excluding hydrogens is 309 g/mol. The van der Waals surface area contributed by atoms with Crippen molar-refractivity contribution in [2.75, 3.05) is 13.1 Å². The molecule has 1 aliphatic rings. The molecule has 2 N–H and O–H groups in total. The van der Waals surface area contributed by atoms with Gasteiger partial charge in [0.1, 0.15) is 5.75 Å². The van der Waals surface area contributed by atoms with Crippen LogP contribution in [0.15, 0.2) is 24.3 Å². The van der Waals surface area contributed by atoms with Gasteiger partial charge in [-0.15, -0.1) is 25.6 Å². The second-order valence-corrected chi connectivity index (χ2v) is 4.59. The lowest BCUT2D eigenvalue weighted by Gasteiger charge is -2.23. The van der Waals surface area contributed by atoms with Gasteiger partial charge < -0.3 is 15.4 Å². The van der Waals surface area contributed by atoms with E-state index in [-0.39, 0.29) is 24.0 Å². The molecule has 1 amide bonds. The smallest absolute Gasteiger partial charge is 0.406 e. The Morgan fingerprint density at radius 1 is 1.38 bits per heavy atom. The fourth-order valence-electron chi connectivity index (χ4n) is 2.08. The van der Waals surface area contributed by atoms with Gasteiger partial charge in [-0.1, -0.05) is 6.07 Å². The van der Waals surface area contributed by atoms with Crippen LogP contribution in [0.1, 0.15) is 23.2 Å². The van der Waals surface area contributed by atoms with Gasteiger partial charge in [0.2, 0.25) is 0 Å². The van der Waals surface area contributed by atoms with E-state index in [9.17, 15) is 18.0 Å². The quantitative estimate of drug-likeness (QED) is 0.898. The zero-order valence-electron chi connectivity index (χ0n) is 11.1. The molecule has 1 unspecified atom stereocenters. The largest absolute Gasteiger partial charge is 0.573 e. The van der Waals surface area contributed by atoms with Crippen LogP contribution in [0, 0.1) is 0 Å². The molecule has 118 valence electrons. The van der Waals surface area contributed by atoms with Gasteiger partial charge in [-0.05, 0) is 37.6 Å². The standard InChI is InChI=1S/C13H15F3N2O2.ClH/c14-13(15,16)20-11-5-1-3-9(7-11)12(19)18-10-4-2-6-17-8-10;/h1,3,5,7,10,17H,2,4,6,8H2,(H,18,19);1H. The third kappa shape index (κ3) is 5.81. The average Bonchev–Trinajstić information content (AvgIpc) is 2.38. The Bertz CT molecular complexity index is 477. The molecule has 0 aromatic heterocycles. The zero-order chi connectivity index (χ0) is 14.6. The third-order valence-corrected chi connectivity index (χ3v) is 2.96. The number of piperidine rings is 1. The van der Waals surface area contributed by atoms with Crippen molar-refractivity contribution in [3.8, 4) is 5.75 Å². The summed E-state index contributed by atoms with van der Waals surface area (Å²) in [6.45, 7) is 1.59. The highest BCUT2D eigenvalue weighted by atomic mass is 35.5. The maximum atomic E-state index is 12.1. The Kier molecular flexibility index (Phi) is 6.29. The Morgan fingerprint density at radius 2 is 2.14 bits per heavy atom. The molecule has 0 spiro atoms. The van der Waals surface area contributed by atoms with Gasteiger partial charge in [0.25, 0.3) is 5.91 Å². The molecule has 1 aromatic carbocycles. The minimum absolute atomic E-state index is 0. The lowest BCUT2D eigenvalue weighted by Crippen LogP contribution is -2.45. The van der Waals surface area contributed by atoms with Crippen LogP contribution in [0.4, 0.5) is 13.2 Å². The molecule has 0 aliphatic carbocycles. The van der Waals surface area contributed by atoms with E-state index in [4.69, 9.17) is 0 Å². The molecule has 1 saturated heterocycles. The normalized spacial score (nSPS) is 18.5. The molecular formula is C13H16ClF3N2O2. The summed E-state index contributed by atoms with van der Waals surface area (Å²) in [4.78, 5) is 12.0. The molecule has 0 radical (unpaired) electrons. The van der Waals surface area contributed by atoms with E-state index in [1.807, 2.05) is 0 Å². The van der Waals surface area contributed by atoms with Crippen molar-refractivity contribution in [2.24, 2.45) is 0 Å². The zero-order valence-corrected chi connectivity index (χ0v) is 11.9. The summed E-state index contributed by atoms with van der Waals surface area (Å²) in [5.41, 5.74) is 0.150. The van der Waals surface area contributed by atoms with Crippen LogP contribution < -0.4 is 15.4 Å². The predicted octanol–water partition coefficient (Wildman–Crippen LogP) is 2.49. The number of nitrogens with one attached hydrogen (secondary N) is 2. The minimum Gasteiger partial charge on any atom is -0.406 e. The van der Waals surface area contributed by atoms with Crippen LogP contribution in [-0.4, -0.2) is 31.4 Å². The number of hydrogen-bond acceptors (Lipinski definition) is 3. The van der Waals surface area contributed by atoms with E-state index in [2.05, 4.69) is 15.4 Å². The van der Waals surface area contributed by atoms with Crippen molar-refractivity contribution in [1.82, 2.24) is 10.6 Å². The Labute approximate surface area is 126 Å². The van der Waals surface area contributed by atoms with Crippen molar-refractivity contribution < 1.29 is 22.7 Å². The van der Waals surface area contributed by atoms with Gasteiger partial charge in [0.05, 0.1) is 0 Å². The van der Waals surface area contributed by atoms with Crippen molar-refractivity contribution in [1.29, 1.82) is 0 Å². The van der Waals surface area contributed by atoms with Gasteiger partial charge in [-0.25, -0.2) is 0 Å². The predicted molar refractivity (Wildman–Crippen MR) is 73.7 cm³/mol. The molecule has 1 aliphatic heterocycles. The Hall–Kier alpha value is -1.47. The summed E-state index contributed by atoms with van der Waals surface area (Å²) >= 11 is 0. The number of carbonyl (C=O) groups excluding carboxylic acids is 1.